The van der Waals surface area contributed by atoms with Crippen LogP contribution in [0.15, 0.2) is 59.0 Å². The van der Waals surface area contributed by atoms with Gasteiger partial charge in [-0.2, -0.15) is 0 Å². The zero-order valence-corrected chi connectivity index (χ0v) is 15.0. The van der Waals surface area contributed by atoms with Gasteiger partial charge in [-0.15, -0.1) is 0 Å². The number of carbonyl (C=O) groups excluding carboxylic acids is 1. The molecule has 0 fully saturated rings. The van der Waals surface area contributed by atoms with Crippen LogP contribution in [0, 0.1) is 6.92 Å². The van der Waals surface area contributed by atoms with Crippen LogP contribution in [0.3, 0.4) is 0 Å². The molecule has 25 heavy (non-hydrogen) atoms. The molecular weight excluding hydrogens is 312 g/mol. The number of benzene rings is 2. The van der Waals surface area contributed by atoms with Crippen LogP contribution in [0.25, 0.3) is 22.7 Å². The molecule has 2 aromatic carbocycles. The molecule has 0 spiro atoms. The second-order valence-electron chi connectivity index (χ2n) is 7.13. The standard InChI is InChI=1S/C21H22N2O2/c1-14-10-12-16(13-11-14)20-22-17(15-8-6-5-7-9-15)18(25-20)19(24)23-21(2,3)4/h5-13H,1-4H3,(H,23,24). The van der Waals surface area contributed by atoms with E-state index in [2.05, 4.69) is 10.3 Å². The molecule has 1 heterocycles. The van der Waals surface area contributed by atoms with Gasteiger partial charge in [0.25, 0.3) is 5.91 Å². The second kappa shape index (κ2) is 6.55. The molecule has 0 saturated heterocycles. The summed E-state index contributed by atoms with van der Waals surface area (Å²) in [5, 5.41) is 2.95. The van der Waals surface area contributed by atoms with E-state index in [0.717, 1.165) is 16.7 Å². The van der Waals surface area contributed by atoms with Crippen LogP contribution in [0.4, 0.5) is 0 Å². The quantitative estimate of drug-likeness (QED) is 0.745. The van der Waals surface area contributed by atoms with E-state index in [1.807, 2.05) is 82.3 Å². The highest BCUT2D eigenvalue weighted by atomic mass is 16.4. The fourth-order valence-electron chi connectivity index (χ4n) is 2.48. The predicted octanol–water partition coefficient (Wildman–Crippen LogP) is 4.85. The van der Waals surface area contributed by atoms with E-state index in [-0.39, 0.29) is 17.2 Å². The molecule has 3 rings (SSSR count). The summed E-state index contributed by atoms with van der Waals surface area (Å²) in [5.41, 5.74) is 3.05. The SMILES string of the molecule is Cc1ccc(-c2nc(-c3ccccc3)c(C(=O)NC(C)(C)C)o2)cc1. The van der Waals surface area contributed by atoms with Crippen molar-refractivity contribution in [1.29, 1.82) is 0 Å². The minimum atomic E-state index is -0.359. The van der Waals surface area contributed by atoms with Crippen LogP contribution in [0.1, 0.15) is 36.9 Å². The molecule has 0 aliphatic carbocycles. The maximum absolute atomic E-state index is 12.7. The molecule has 3 aromatic rings. The Kier molecular flexibility index (Phi) is 4.45. The molecular formula is C21H22N2O2. The largest absolute Gasteiger partial charge is 0.430 e. The van der Waals surface area contributed by atoms with Gasteiger partial charge in [-0.25, -0.2) is 4.98 Å². The number of nitrogens with zero attached hydrogens (tertiary/aromatic N) is 1. The molecule has 0 saturated carbocycles. The molecule has 0 aliphatic heterocycles. The number of amides is 1. The third-order valence-corrected chi connectivity index (χ3v) is 3.67. The first-order valence-corrected chi connectivity index (χ1v) is 8.29. The maximum Gasteiger partial charge on any atom is 0.289 e. The zero-order valence-electron chi connectivity index (χ0n) is 15.0. The van der Waals surface area contributed by atoms with Crippen LogP contribution in [0.5, 0.6) is 0 Å². The molecule has 1 aromatic heterocycles. The van der Waals surface area contributed by atoms with Crippen molar-refractivity contribution in [2.24, 2.45) is 0 Å². The summed E-state index contributed by atoms with van der Waals surface area (Å²) in [6.07, 6.45) is 0. The molecule has 1 amide bonds. The lowest BCUT2D eigenvalue weighted by atomic mass is 10.1. The minimum absolute atomic E-state index is 0.233. The molecule has 4 heteroatoms. The third-order valence-electron chi connectivity index (χ3n) is 3.67. The van der Waals surface area contributed by atoms with Crippen molar-refractivity contribution in [2.45, 2.75) is 33.2 Å². The molecule has 0 unspecified atom stereocenters. The van der Waals surface area contributed by atoms with Gasteiger partial charge in [0.15, 0.2) is 0 Å². The summed E-state index contributed by atoms with van der Waals surface area (Å²) in [7, 11) is 0. The van der Waals surface area contributed by atoms with Gasteiger partial charge in [0.2, 0.25) is 11.7 Å². The van der Waals surface area contributed by atoms with E-state index < -0.39 is 0 Å². The van der Waals surface area contributed by atoms with Gasteiger partial charge in [0, 0.05) is 16.7 Å². The summed E-state index contributed by atoms with van der Waals surface area (Å²) < 4.78 is 5.88. The number of hydrogen-bond acceptors (Lipinski definition) is 3. The Morgan fingerprint density at radius 3 is 2.20 bits per heavy atom. The highest BCUT2D eigenvalue weighted by Gasteiger charge is 2.25. The molecule has 128 valence electrons. The summed E-state index contributed by atoms with van der Waals surface area (Å²) in [5.74, 6) is 0.409. The van der Waals surface area contributed by atoms with Crippen molar-refractivity contribution >= 4 is 5.91 Å². The normalized spacial score (nSPS) is 11.4. The van der Waals surface area contributed by atoms with Crippen molar-refractivity contribution in [2.75, 3.05) is 0 Å². The number of hydrogen-bond donors (Lipinski definition) is 1. The Hall–Kier alpha value is -2.88. The fraction of sp³-hybridized carbons (Fsp3) is 0.238. The number of oxazole rings is 1. The van der Waals surface area contributed by atoms with E-state index >= 15 is 0 Å². The fourth-order valence-corrected chi connectivity index (χ4v) is 2.48. The van der Waals surface area contributed by atoms with Gasteiger partial charge in [-0.05, 0) is 39.8 Å². The lowest BCUT2D eigenvalue weighted by molar-refractivity contribution is 0.0893. The summed E-state index contributed by atoms with van der Waals surface area (Å²) in [6.45, 7) is 7.83. The Morgan fingerprint density at radius 1 is 0.960 bits per heavy atom. The topological polar surface area (TPSA) is 55.1 Å². The van der Waals surface area contributed by atoms with Crippen LogP contribution >= 0.6 is 0 Å². The van der Waals surface area contributed by atoms with E-state index in [9.17, 15) is 4.79 Å². The summed E-state index contributed by atoms with van der Waals surface area (Å²) >= 11 is 0. The highest BCUT2D eigenvalue weighted by Crippen LogP contribution is 2.29. The van der Waals surface area contributed by atoms with Crippen LogP contribution < -0.4 is 5.32 Å². The van der Waals surface area contributed by atoms with E-state index in [4.69, 9.17) is 4.42 Å². The van der Waals surface area contributed by atoms with Gasteiger partial charge < -0.3 is 9.73 Å². The first-order chi connectivity index (χ1) is 11.8. The predicted molar refractivity (Wildman–Crippen MR) is 99.3 cm³/mol. The average Bonchev–Trinajstić information content (AvgIpc) is 3.00. The maximum atomic E-state index is 12.7. The van der Waals surface area contributed by atoms with Crippen LogP contribution in [0.2, 0.25) is 0 Å². The lowest BCUT2D eigenvalue weighted by Gasteiger charge is -2.19. The van der Waals surface area contributed by atoms with Crippen molar-refractivity contribution in [1.82, 2.24) is 10.3 Å². The first kappa shape index (κ1) is 17.0. The van der Waals surface area contributed by atoms with E-state index in [1.165, 1.54) is 0 Å². The zero-order chi connectivity index (χ0) is 18.0. The summed E-state index contributed by atoms with van der Waals surface area (Å²) in [6, 6.07) is 17.5. The molecule has 4 nitrogen and oxygen atoms in total. The highest BCUT2D eigenvalue weighted by molar-refractivity contribution is 5.98. The minimum Gasteiger partial charge on any atom is -0.430 e. The Morgan fingerprint density at radius 2 is 1.60 bits per heavy atom. The van der Waals surface area contributed by atoms with Crippen LogP contribution in [-0.2, 0) is 0 Å². The average molecular weight is 334 g/mol. The second-order valence-corrected chi connectivity index (χ2v) is 7.13. The first-order valence-electron chi connectivity index (χ1n) is 8.29. The van der Waals surface area contributed by atoms with E-state index in [0.29, 0.717) is 11.6 Å². The van der Waals surface area contributed by atoms with Gasteiger partial charge >= 0.3 is 0 Å². The number of carbonyl (C=O) groups is 1. The monoisotopic (exact) mass is 334 g/mol. The summed E-state index contributed by atoms with van der Waals surface area (Å²) in [4.78, 5) is 17.3. The molecule has 0 atom stereocenters. The number of aryl methyl sites for hydroxylation is 1. The molecule has 0 bridgehead atoms. The van der Waals surface area contributed by atoms with Gasteiger partial charge in [-0.1, -0.05) is 48.0 Å². The number of nitrogens with one attached hydrogen (secondary N) is 1. The molecule has 0 aliphatic rings. The Balaban J connectivity index is 2.08. The van der Waals surface area contributed by atoms with Crippen molar-refractivity contribution in [3.05, 3.63) is 65.9 Å². The smallest absolute Gasteiger partial charge is 0.289 e. The Labute approximate surface area is 147 Å². The Bertz CT molecular complexity index is 873. The van der Waals surface area contributed by atoms with Crippen LogP contribution in [-0.4, -0.2) is 16.4 Å². The van der Waals surface area contributed by atoms with Gasteiger partial charge in [-0.3, -0.25) is 4.79 Å². The van der Waals surface area contributed by atoms with Gasteiger partial charge in [0.1, 0.15) is 5.69 Å². The molecule has 1 N–H and O–H groups in total. The molecule has 0 radical (unpaired) electrons. The lowest BCUT2D eigenvalue weighted by Crippen LogP contribution is -2.40. The number of aromatic nitrogens is 1. The number of rotatable bonds is 3. The third kappa shape index (κ3) is 3.97. The van der Waals surface area contributed by atoms with Crippen molar-refractivity contribution in [3.63, 3.8) is 0 Å². The van der Waals surface area contributed by atoms with Crippen molar-refractivity contribution < 1.29 is 9.21 Å². The van der Waals surface area contributed by atoms with E-state index in [1.54, 1.807) is 0 Å². The van der Waals surface area contributed by atoms with Crippen molar-refractivity contribution in [3.8, 4) is 22.7 Å². The van der Waals surface area contributed by atoms with Gasteiger partial charge in [0.05, 0.1) is 0 Å².